The molecule has 0 radical (unpaired) electrons. The van der Waals surface area contributed by atoms with Crippen LogP contribution in [0.1, 0.15) is 31.9 Å². The van der Waals surface area contributed by atoms with Crippen LogP contribution in [0.4, 0.5) is 5.82 Å². The van der Waals surface area contributed by atoms with Crippen LogP contribution in [0.3, 0.4) is 0 Å². The van der Waals surface area contributed by atoms with E-state index in [1.807, 2.05) is 19.1 Å². The van der Waals surface area contributed by atoms with Crippen molar-refractivity contribution in [3.8, 4) is 0 Å². The summed E-state index contributed by atoms with van der Waals surface area (Å²) in [7, 11) is 0. The standard InChI is InChI=1S/C11H17N3/c1-8-6-7-11(14-13-8)12-9(2)10-4-3-5-10/h6-7,9-10H,3-5H2,1-2H3,(H,12,14). The smallest absolute Gasteiger partial charge is 0.148 e. The maximum Gasteiger partial charge on any atom is 0.148 e. The van der Waals surface area contributed by atoms with Crippen molar-refractivity contribution in [3.63, 3.8) is 0 Å². The Labute approximate surface area is 84.9 Å². The van der Waals surface area contributed by atoms with Gasteiger partial charge in [0, 0.05) is 6.04 Å². The minimum atomic E-state index is 0.528. The molecule has 1 heterocycles. The van der Waals surface area contributed by atoms with Crippen molar-refractivity contribution >= 4 is 5.82 Å². The minimum Gasteiger partial charge on any atom is -0.366 e. The zero-order valence-corrected chi connectivity index (χ0v) is 8.83. The molecule has 1 saturated carbocycles. The quantitative estimate of drug-likeness (QED) is 0.797. The van der Waals surface area contributed by atoms with Crippen molar-refractivity contribution < 1.29 is 0 Å². The van der Waals surface area contributed by atoms with Gasteiger partial charge in [0.05, 0.1) is 5.69 Å². The van der Waals surface area contributed by atoms with E-state index in [4.69, 9.17) is 0 Å². The molecule has 0 saturated heterocycles. The molecule has 76 valence electrons. The molecule has 3 heteroatoms. The second-order valence-electron chi connectivity index (χ2n) is 4.18. The van der Waals surface area contributed by atoms with Crippen LogP contribution < -0.4 is 5.32 Å². The molecule has 0 bridgehead atoms. The van der Waals surface area contributed by atoms with Crippen molar-refractivity contribution in [1.29, 1.82) is 0 Å². The Morgan fingerprint density at radius 3 is 2.64 bits per heavy atom. The Morgan fingerprint density at radius 1 is 1.36 bits per heavy atom. The van der Waals surface area contributed by atoms with E-state index < -0.39 is 0 Å². The van der Waals surface area contributed by atoms with E-state index >= 15 is 0 Å². The Kier molecular flexibility index (Phi) is 2.66. The number of rotatable bonds is 3. The zero-order chi connectivity index (χ0) is 9.97. The molecule has 14 heavy (non-hydrogen) atoms. The van der Waals surface area contributed by atoms with Crippen LogP contribution in [0, 0.1) is 12.8 Å². The summed E-state index contributed by atoms with van der Waals surface area (Å²) in [6, 6.07) is 4.51. The van der Waals surface area contributed by atoms with Gasteiger partial charge in [-0.25, -0.2) is 0 Å². The largest absolute Gasteiger partial charge is 0.366 e. The van der Waals surface area contributed by atoms with Crippen LogP contribution in [0.2, 0.25) is 0 Å². The Bertz CT molecular complexity index is 290. The second-order valence-corrected chi connectivity index (χ2v) is 4.18. The number of nitrogens with zero attached hydrogens (tertiary/aromatic N) is 2. The number of nitrogens with one attached hydrogen (secondary N) is 1. The fourth-order valence-corrected chi connectivity index (χ4v) is 1.77. The average Bonchev–Trinajstić information content (AvgIpc) is 2.06. The van der Waals surface area contributed by atoms with E-state index in [1.165, 1.54) is 19.3 Å². The van der Waals surface area contributed by atoms with Gasteiger partial charge in [0.15, 0.2) is 0 Å². The van der Waals surface area contributed by atoms with E-state index in [0.717, 1.165) is 17.4 Å². The highest BCUT2D eigenvalue weighted by Gasteiger charge is 2.23. The summed E-state index contributed by atoms with van der Waals surface area (Å²) in [4.78, 5) is 0. The summed E-state index contributed by atoms with van der Waals surface area (Å²) in [6.07, 6.45) is 4.09. The van der Waals surface area contributed by atoms with E-state index in [-0.39, 0.29) is 0 Å². The van der Waals surface area contributed by atoms with Crippen LogP contribution in [0.5, 0.6) is 0 Å². The molecule has 0 aromatic carbocycles. The SMILES string of the molecule is Cc1ccc(NC(C)C2CCC2)nn1. The lowest BCUT2D eigenvalue weighted by molar-refractivity contribution is 0.285. The van der Waals surface area contributed by atoms with Gasteiger partial charge < -0.3 is 5.32 Å². The summed E-state index contributed by atoms with van der Waals surface area (Å²) in [6.45, 7) is 4.18. The lowest BCUT2D eigenvalue weighted by Crippen LogP contribution is -2.31. The molecular formula is C11H17N3. The Balaban J connectivity index is 1.92. The molecule has 1 aromatic rings. The molecule has 1 aromatic heterocycles. The maximum atomic E-state index is 4.10. The van der Waals surface area contributed by atoms with Crippen molar-refractivity contribution in [2.75, 3.05) is 5.32 Å². The number of aryl methyl sites for hydroxylation is 1. The van der Waals surface area contributed by atoms with Gasteiger partial charge in [-0.15, -0.1) is 5.10 Å². The lowest BCUT2D eigenvalue weighted by atomic mass is 9.80. The van der Waals surface area contributed by atoms with Crippen LogP contribution in [-0.2, 0) is 0 Å². The summed E-state index contributed by atoms with van der Waals surface area (Å²) < 4.78 is 0. The summed E-state index contributed by atoms with van der Waals surface area (Å²) in [5.41, 5.74) is 0.965. The zero-order valence-electron chi connectivity index (χ0n) is 8.83. The highest BCUT2D eigenvalue weighted by molar-refractivity contribution is 5.34. The fraction of sp³-hybridized carbons (Fsp3) is 0.636. The van der Waals surface area contributed by atoms with Gasteiger partial charge in [-0.3, -0.25) is 0 Å². The van der Waals surface area contributed by atoms with E-state index in [2.05, 4.69) is 22.4 Å². The van der Waals surface area contributed by atoms with Gasteiger partial charge in [0.2, 0.25) is 0 Å². The molecular weight excluding hydrogens is 174 g/mol. The highest BCUT2D eigenvalue weighted by atomic mass is 15.2. The van der Waals surface area contributed by atoms with Crippen LogP contribution in [0.15, 0.2) is 12.1 Å². The van der Waals surface area contributed by atoms with Crippen LogP contribution in [0.25, 0.3) is 0 Å². The first-order chi connectivity index (χ1) is 6.75. The first kappa shape index (κ1) is 9.44. The van der Waals surface area contributed by atoms with Gasteiger partial charge in [-0.1, -0.05) is 6.42 Å². The Hall–Kier alpha value is -1.12. The van der Waals surface area contributed by atoms with Crippen molar-refractivity contribution in [2.24, 2.45) is 5.92 Å². The predicted molar refractivity (Wildman–Crippen MR) is 57.2 cm³/mol. The molecule has 1 N–H and O–H groups in total. The summed E-state index contributed by atoms with van der Waals surface area (Å²) in [5, 5.41) is 11.5. The fourth-order valence-electron chi connectivity index (χ4n) is 1.77. The number of hydrogen-bond acceptors (Lipinski definition) is 3. The van der Waals surface area contributed by atoms with Gasteiger partial charge in [0.25, 0.3) is 0 Å². The van der Waals surface area contributed by atoms with E-state index in [1.54, 1.807) is 0 Å². The third-order valence-corrected chi connectivity index (χ3v) is 3.03. The average molecular weight is 191 g/mol. The maximum absolute atomic E-state index is 4.10. The van der Waals surface area contributed by atoms with Gasteiger partial charge in [-0.2, -0.15) is 5.10 Å². The molecule has 1 aliphatic rings. The van der Waals surface area contributed by atoms with Crippen molar-refractivity contribution in [2.45, 2.75) is 39.2 Å². The molecule has 1 fully saturated rings. The molecule has 0 aliphatic heterocycles. The molecule has 0 spiro atoms. The minimum absolute atomic E-state index is 0.528. The van der Waals surface area contributed by atoms with E-state index in [9.17, 15) is 0 Å². The molecule has 2 rings (SSSR count). The van der Waals surface area contributed by atoms with Crippen LogP contribution in [-0.4, -0.2) is 16.2 Å². The molecule has 1 aliphatic carbocycles. The Morgan fingerprint density at radius 2 is 2.14 bits per heavy atom. The number of aromatic nitrogens is 2. The number of anilines is 1. The summed E-state index contributed by atoms with van der Waals surface area (Å²) in [5.74, 6) is 1.73. The highest BCUT2D eigenvalue weighted by Crippen LogP contribution is 2.30. The second kappa shape index (κ2) is 3.95. The van der Waals surface area contributed by atoms with Crippen molar-refractivity contribution in [3.05, 3.63) is 17.8 Å². The third-order valence-electron chi connectivity index (χ3n) is 3.03. The molecule has 1 unspecified atom stereocenters. The molecule has 3 nitrogen and oxygen atoms in total. The topological polar surface area (TPSA) is 37.8 Å². The van der Waals surface area contributed by atoms with Crippen LogP contribution >= 0.6 is 0 Å². The lowest BCUT2D eigenvalue weighted by Gasteiger charge is -2.32. The molecule has 0 amide bonds. The molecule has 1 atom stereocenters. The normalized spacial score (nSPS) is 18.7. The van der Waals surface area contributed by atoms with Gasteiger partial charge in [-0.05, 0) is 44.7 Å². The summed E-state index contributed by atoms with van der Waals surface area (Å²) >= 11 is 0. The van der Waals surface area contributed by atoms with Crippen molar-refractivity contribution in [1.82, 2.24) is 10.2 Å². The van der Waals surface area contributed by atoms with Gasteiger partial charge in [0.1, 0.15) is 5.82 Å². The van der Waals surface area contributed by atoms with Gasteiger partial charge >= 0.3 is 0 Å². The first-order valence-electron chi connectivity index (χ1n) is 5.32. The van der Waals surface area contributed by atoms with E-state index in [0.29, 0.717) is 6.04 Å². The predicted octanol–water partition coefficient (Wildman–Crippen LogP) is 2.39. The number of hydrogen-bond donors (Lipinski definition) is 1. The first-order valence-corrected chi connectivity index (χ1v) is 5.32. The third kappa shape index (κ3) is 2.03. The monoisotopic (exact) mass is 191 g/mol.